The quantitative estimate of drug-likeness (QED) is 0.652. The summed E-state index contributed by atoms with van der Waals surface area (Å²) in [4.78, 5) is 23.2. The predicted molar refractivity (Wildman–Crippen MR) is 93.2 cm³/mol. The van der Waals surface area contributed by atoms with E-state index in [0.29, 0.717) is 22.8 Å². The monoisotopic (exact) mass is 328 g/mol. The molecule has 0 saturated heterocycles. The van der Waals surface area contributed by atoms with Gasteiger partial charge in [0.2, 0.25) is 5.95 Å². The van der Waals surface area contributed by atoms with E-state index < -0.39 is 0 Å². The van der Waals surface area contributed by atoms with E-state index in [1.807, 2.05) is 27.9 Å². The fourth-order valence-electron chi connectivity index (χ4n) is 2.09. The third kappa shape index (κ3) is 4.62. The highest BCUT2D eigenvalue weighted by molar-refractivity contribution is 6.28. The molecule has 1 N–H and O–H groups in total. The summed E-state index contributed by atoms with van der Waals surface area (Å²) in [7, 11) is 3.65. The van der Waals surface area contributed by atoms with Crippen molar-refractivity contribution >= 4 is 17.3 Å². The first-order chi connectivity index (χ1) is 11.4. The first kappa shape index (κ1) is 17.6. The summed E-state index contributed by atoms with van der Waals surface area (Å²) < 4.78 is 13.1. The lowest BCUT2D eigenvalue weighted by atomic mass is 10.0. The molecule has 2 rings (SSSR count). The van der Waals surface area contributed by atoms with Crippen LogP contribution in [0.5, 0.6) is 0 Å². The number of benzene rings is 1. The van der Waals surface area contributed by atoms with Gasteiger partial charge in [0, 0.05) is 38.1 Å². The minimum Gasteiger partial charge on any atom is -0.383 e. The van der Waals surface area contributed by atoms with E-state index in [0.717, 1.165) is 0 Å². The van der Waals surface area contributed by atoms with Gasteiger partial charge >= 0.3 is 0 Å². The molecule has 0 spiro atoms. The fourth-order valence-corrected chi connectivity index (χ4v) is 2.09. The van der Waals surface area contributed by atoms with Crippen molar-refractivity contribution < 1.29 is 9.18 Å². The Morgan fingerprint density at radius 3 is 2.46 bits per heavy atom. The van der Waals surface area contributed by atoms with Crippen molar-refractivity contribution in [2.75, 3.05) is 19.4 Å². The van der Waals surface area contributed by atoms with Gasteiger partial charge in [0.25, 0.3) is 0 Å². The minimum absolute atomic E-state index is 0.175. The van der Waals surface area contributed by atoms with Gasteiger partial charge in [-0.15, -0.1) is 0 Å². The largest absolute Gasteiger partial charge is 0.383 e. The number of hydrogen-bond donors (Lipinski definition) is 1. The molecule has 0 atom stereocenters. The first-order valence-electron chi connectivity index (χ1n) is 7.65. The molecule has 1 aromatic heterocycles. The zero-order chi connectivity index (χ0) is 17.7. The van der Waals surface area contributed by atoms with Crippen LogP contribution in [-0.4, -0.2) is 40.8 Å². The van der Waals surface area contributed by atoms with Gasteiger partial charge in [0.05, 0.1) is 11.3 Å². The number of carbonyl (C=O) groups is 1. The molecule has 1 aromatic carbocycles. The minimum atomic E-state index is -0.379. The Morgan fingerprint density at radius 2 is 1.88 bits per heavy atom. The van der Waals surface area contributed by atoms with Crippen molar-refractivity contribution in [1.82, 2.24) is 14.9 Å². The Hall–Kier alpha value is -2.76. The van der Waals surface area contributed by atoms with Crippen molar-refractivity contribution in [2.24, 2.45) is 0 Å². The molecule has 24 heavy (non-hydrogen) atoms. The van der Waals surface area contributed by atoms with Gasteiger partial charge in [-0.05, 0) is 44.2 Å². The van der Waals surface area contributed by atoms with Crippen molar-refractivity contribution in [3.05, 3.63) is 59.8 Å². The van der Waals surface area contributed by atoms with Crippen LogP contribution in [0.1, 0.15) is 29.9 Å². The second kappa shape index (κ2) is 7.68. The Bertz CT molecular complexity index is 739. The molecule has 6 heteroatoms. The molecule has 5 nitrogen and oxygen atoms in total. The maximum Gasteiger partial charge on any atom is 0.223 e. The van der Waals surface area contributed by atoms with Crippen molar-refractivity contribution in [3.63, 3.8) is 0 Å². The molecule has 126 valence electrons. The van der Waals surface area contributed by atoms with Crippen LogP contribution in [-0.2, 0) is 0 Å². The SMILES string of the molecule is CC(C)Nc1nccc(/C(=C\N(C)C)C(=O)c2ccc(F)cc2)n1. The summed E-state index contributed by atoms with van der Waals surface area (Å²) in [5.74, 6) is -0.146. The Labute approximate surface area is 141 Å². The molecular formula is C18H21FN4O. The number of anilines is 1. The number of aromatic nitrogens is 2. The second-order valence-corrected chi connectivity index (χ2v) is 5.91. The number of ketones is 1. The lowest BCUT2D eigenvalue weighted by Gasteiger charge is -2.13. The summed E-state index contributed by atoms with van der Waals surface area (Å²) in [5.41, 5.74) is 1.33. The standard InChI is InChI=1S/C18H21FN4O/c1-12(2)21-18-20-10-9-16(22-18)15(11-23(3)4)17(24)13-5-7-14(19)8-6-13/h5-12H,1-4H3,(H,20,21,22)/b15-11+. The van der Waals surface area contributed by atoms with Gasteiger partial charge < -0.3 is 10.2 Å². The number of allylic oxidation sites excluding steroid dienone is 1. The number of hydrogen-bond acceptors (Lipinski definition) is 5. The number of Topliss-reactive ketones (excluding diaryl/α,β-unsaturated/α-hetero) is 1. The number of nitrogens with one attached hydrogen (secondary N) is 1. The molecule has 0 aliphatic rings. The van der Waals surface area contributed by atoms with Gasteiger partial charge in [-0.3, -0.25) is 4.79 Å². The zero-order valence-electron chi connectivity index (χ0n) is 14.2. The van der Waals surface area contributed by atoms with E-state index in [1.165, 1.54) is 24.3 Å². The lowest BCUT2D eigenvalue weighted by Crippen LogP contribution is -2.15. The highest BCUT2D eigenvalue weighted by Crippen LogP contribution is 2.20. The summed E-state index contributed by atoms with van der Waals surface area (Å²) in [6.07, 6.45) is 3.31. The molecular weight excluding hydrogens is 307 g/mol. The Balaban J connectivity index is 2.42. The Morgan fingerprint density at radius 1 is 1.21 bits per heavy atom. The van der Waals surface area contributed by atoms with Crippen LogP contribution in [0, 0.1) is 5.82 Å². The number of halogens is 1. The van der Waals surface area contributed by atoms with Gasteiger partial charge in [0.15, 0.2) is 5.78 Å². The summed E-state index contributed by atoms with van der Waals surface area (Å²) in [6, 6.07) is 7.33. The molecule has 0 radical (unpaired) electrons. The van der Waals surface area contributed by atoms with Gasteiger partial charge in [-0.25, -0.2) is 14.4 Å². The number of nitrogens with zero attached hydrogens (tertiary/aromatic N) is 3. The van der Waals surface area contributed by atoms with Crippen molar-refractivity contribution in [1.29, 1.82) is 0 Å². The highest BCUT2D eigenvalue weighted by atomic mass is 19.1. The van der Waals surface area contributed by atoms with Gasteiger partial charge in [0.1, 0.15) is 5.82 Å². The van der Waals surface area contributed by atoms with Gasteiger partial charge in [-0.2, -0.15) is 0 Å². The van der Waals surface area contributed by atoms with E-state index in [4.69, 9.17) is 0 Å². The molecule has 1 heterocycles. The van der Waals surface area contributed by atoms with Crippen molar-refractivity contribution in [3.8, 4) is 0 Å². The summed E-state index contributed by atoms with van der Waals surface area (Å²) in [6.45, 7) is 3.96. The number of rotatable bonds is 6. The molecule has 0 aliphatic carbocycles. The van der Waals surface area contributed by atoms with E-state index in [1.54, 1.807) is 23.4 Å². The van der Waals surface area contributed by atoms with Crippen LogP contribution in [0.3, 0.4) is 0 Å². The first-order valence-corrected chi connectivity index (χ1v) is 7.65. The zero-order valence-corrected chi connectivity index (χ0v) is 14.2. The Kier molecular flexibility index (Phi) is 5.63. The number of carbonyl (C=O) groups excluding carboxylic acids is 1. The van der Waals surface area contributed by atoms with Crippen molar-refractivity contribution in [2.45, 2.75) is 19.9 Å². The third-order valence-electron chi connectivity index (χ3n) is 3.09. The average Bonchev–Trinajstić information content (AvgIpc) is 2.52. The topological polar surface area (TPSA) is 58.1 Å². The second-order valence-electron chi connectivity index (χ2n) is 5.91. The fraction of sp³-hybridized carbons (Fsp3) is 0.278. The third-order valence-corrected chi connectivity index (χ3v) is 3.09. The highest BCUT2D eigenvalue weighted by Gasteiger charge is 2.17. The van der Waals surface area contributed by atoms with E-state index >= 15 is 0 Å². The summed E-state index contributed by atoms with van der Waals surface area (Å²) in [5, 5.41) is 3.12. The molecule has 0 aliphatic heterocycles. The van der Waals surface area contributed by atoms with Crippen LogP contribution in [0.25, 0.3) is 5.57 Å². The van der Waals surface area contributed by atoms with Gasteiger partial charge in [-0.1, -0.05) is 0 Å². The van der Waals surface area contributed by atoms with Crippen LogP contribution >= 0.6 is 0 Å². The van der Waals surface area contributed by atoms with E-state index in [2.05, 4.69) is 15.3 Å². The average molecular weight is 328 g/mol. The maximum atomic E-state index is 13.1. The van der Waals surface area contributed by atoms with E-state index in [9.17, 15) is 9.18 Å². The van der Waals surface area contributed by atoms with Crippen LogP contribution in [0.2, 0.25) is 0 Å². The molecule has 0 bridgehead atoms. The molecule has 0 amide bonds. The molecule has 0 unspecified atom stereocenters. The predicted octanol–water partition coefficient (Wildman–Crippen LogP) is 3.22. The van der Waals surface area contributed by atoms with Crippen LogP contribution in [0.4, 0.5) is 10.3 Å². The molecule has 2 aromatic rings. The molecule has 0 saturated carbocycles. The normalized spacial score (nSPS) is 11.5. The van der Waals surface area contributed by atoms with E-state index in [-0.39, 0.29) is 17.6 Å². The maximum absolute atomic E-state index is 13.1. The molecule has 0 fully saturated rings. The van der Waals surface area contributed by atoms with Crippen LogP contribution in [0.15, 0.2) is 42.7 Å². The lowest BCUT2D eigenvalue weighted by molar-refractivity contribution is 0.105. The summed E-state index contributed by atoms with van der Waals surface area (Å²) >= 11 is 0. The smallest absolute Gasteiger partial charge is 0.223 e. The van der Waals surface area contributed by atoms with Crippen LogP contribution < -0.4 is 5.32 Å².